The fourth-order valence-corrected chi connectivity index (χ4v) is 6.32. The number of ether oxygens (including phenoxy) is 6. The first-order valence-corrected chi connectivity index (χ1v) is 14.2. The molecule has 200 valence electrons. The average molecular weight is 509 g/mol. The largest absolute Gasteiger partial charge is 0.375 e. The van der Waals surface area contributed by atoms with E-state index in [1.807, 2.05) is 36.4 Å². The van der Waals surface area contributed by atoms with Gasteiger partial charge in [-0.2, -0.15) is 0 Å². The van der Waals surface area contributed by atoms with Gasteiger partial charge in [0.1, 0.15) is 6.10 Å². The van der Waals surface area contributed by atoms with Crippen molar-refractivity contribution >= 4 is 0 Å². The highest BCUT2D eigenvalue weighted by Crippen LogP contribution is 2.38. The molecule has 4 aliphatic heterocycles. The summed E-state index contributed by atoms with van der Waals surface area (Å²) in [6.45, 7) is 2.45. The lowest BCUT2D eigenvalue weighted by Gasteiger charge is -2.48. The lowest BCUT2D eigenvalue weighted by atomic mass is 9.87. The Morgan fingerprint density at radius 3 is 2.03 bits per heavy atom. The second-order valence-corrected chi connectivity index (χ2v) is 10.9. The van der Waals surface area contributed by atoms with Gasteiger partial charge in [0.05, 0.1) is 62.5 Å². The van der Waals surface area contributed by atoms with Crippen molar-refractivity contribution in [3.8, 4) is 0 Å². The lowest BCUT2D eigenvalue weighted by molar-refractivity contribution is -0.267. The van der Waals surface area contributed by atoms with E-state index in [0.29, 0.717) is 19.8 Å². The first-order chi connectivity index (χ1) is 18.3. The molecule has 0 N–H and O–H groups in total. The Balaban J connectivity index is 1.12. The van der Waals surface area contributed by atoms with E-state index in [1.54, 1.807) is 0 Å². The summed E-state index contributed by atoms with van der Waals surface area (Å²) >= 11 is 0. The minimum atomic E-state index is -0.124. The highest BCUT2D eigenvalue weighted by Gasteiger charge is 2.46. The second-order valence-electron chi connectivity index (χ2n) is 10.9. The highest BCUT2D eigenvalue weighted by atomic mass is 16.6. The van der Waals surface area contributed by atoms with Gasteiger partial charge >= 0.3 is 0 Å². The van der Waals surface area contributed by atoms with E-state index in [-0.39, 0.29) is 48.8 Å². The van der Waals surface area contributed by atoms with Crippen LogP contribution in [0.15, 0.2) is 60.7 Å². The third-order valence-corrected chi connectivity index (χ3v) is 8.28. The summed E-state index contributed by atoms with van der Waals surface area (Å²) in [5.74, 6) is 0. The molecule has 4 aliphatic rings. The maximum absolute atomic E-state index is 6.80. The van der Waals surface area contributed by atoms with E-state index in [0.717, 1.165) is 57.1 Å². The van der Waals surface area contributed by atoms with Crippen LogP contribution in [0.25, 0.3) is 0 Å². The van der Waals surface area contributed by atoms with E-state index < -0.39 is 0 Å². The van der Waals surface area contributed by atoms with Crippen molar-refractivity contribution in [2.24, 2.45) is 0 Å². The maximum atomic E-state index is 6.80. The van der Waals surface area contributed by atoms with Gasteiger partial charge in [-0.05, 0) is 43.2 Å². The molecular formula is C31H40O6. The first-order valence-electron chi connectivity index (χ1n) is 14.2. The number of hydrogen-bond donors (Lipinski definition) is 0. The molecule has 4 heterocycles. The van der Waals surface area contributed by atoms with Crippen molar-refractivity contribution in [2.75, 3.05) is 13.2 Å². The third-order valence-electron chi connectivity index (χ3n) is 8.28. The number of benzene rings is 2. The molecule has 0 radical (unpaired) electrons. The molecule has 2 aromatic carbocycles. The summed E-state index contributed by atoms with van der Waals surface area (Å²) in [6, 6.07) is 20.6. The SMILES string of the molecule is c1ccc(COC[C@H]2O[C@H]3CCC[C@H]4O[C@H]5CCCO[C@@H]5C[C@@H]4O[C@@H]3C[C@@H]2OCc2ccccc2)cc1. The molecule has 6 nitrogen and oxygen atoms in total. The number of hydrogen-bond acceptors (Lipinski definition) is 6. The van der Waals surface area contributed by atoms with Crippen LogP contribution in [-0.4, -0.2) is 62.0 Å². The van der Waals surface area contributed by atoms with Crippen molar-refractivity contribution in [3.63, 3.8) is 0 Å². The van der Waals surface area contributed by atoms with Crippen LogP contribution in [-0.2, 0) is 41.6 Å². The highest BCUT2D eigenvalue weighted by molar-refractivity contribution is 5.14. The van der Waals surface area contributed by atoms with Crippen LogP contribution in [0.2, 0.25) is 0 Å². The van der Waals surface area contributed by atoms with Crippen LogP contribution in [0, 0.1) is 0 Å². The molecule has 37 heavy (non-hydrogen) atoms. The first kappa shape index (κ1) is 25.5. The summed E-state index contributed by atoms with van der Waals surface area (Å²) < 4.78 is 38.7. The third kappa shape index (κ3) is 6.44. The molecule has 0 spiro atoms. The van der Waals surface area contributed by atoms with E-state index >= 15 is 0 Å². The van der Waals surface area contributed by atoms with Crippen LogP contribution in [0.5, 0.6) is 0 Å². The molecule has 6 rings (SSSR count). The van der Waals surface area contributed by atoms with Gasteiger partial charge in [0.25, 0.3) is 0 Å². The van der Waals surface area contributed by atoms with Crippen molar-refractivity contribution < 1.29 is 28.4 Å². The van der Waals surface area contributed by atoms with Crippen LogP contribution < -0.4 is 0 Å². The minimum absolute atomic E-state index is 0.0114. The monoisotopic (exact) mass is 508 g/mol. The summed E-state index contributed by atoms with van der Waals surface area (Å²) in [7, 11) is 0. The molecule has 0 saturated carbocycles. The minimum Gasteiger partial charge on any atom is -0.375 e. The molecule has 0 aromatic heterocycles. The normalized spacial score (nSPS) is 35.9. The molecule has 0 bridgehead atoms. The molecule has 0 unspecified atom stereocenters. The van der Waals surface area contributed by atoms with Crippen molar-refractivity contribution in [2.45, 2.75) is 107 Å². The molecule has 2 aromatic rings. The average Bonchev–Trinajstić information content (AvgIpc) is 2.93. The lowest BCUT2D eigenvalue weighted by Crippen LogP contribution is -2.57. The van der Waals surface area contributed by atoms with E-state index in [1.165, 1.54) is 5.56 Å². The number of rotatable bonds is 7. The quantitative estimate of drug-likeness (QED) is 0.511. The summed E-state index contributed by atoms with van der Waals surface area (Å²) in [4.78, 5) is 0. The van der Waals surface area contributed by atoms with E-state index in [2.05, 4.69) is 24.3 Å². The van der Waals surface area contributed by atoms with Gasteiger partial charge in [-0.15, -0.1) is 0 Å². The Bertz CT molecular complexity index is 955. The Morgan fingerprint density at radius 2 is 1.24 bits per heavy atom. The smallest absolute Gasteiger partial charge is 0.108 e. The van der Waals surface area contributed by atoms with Crippen LogP contribution in [0.4, 0.5) is 0 Å². The predicted molar refractivity (Wildman–Crippen MR) is 139 cm³/mol. The zero-order valence-electron chi connectivity index (χ0n) is 21.6. The molecule has 0 aliphatic carbocycles. The Morgan fingerprint density at radius 1 is 0.622 bits per heavy atom. The molecule has 4 fully saturated rings. The van der Waals surface area contributed by atoms with Gasteiger partial charge in [0.15, 0.2) is 0 Å². The summed E-state index contributed by atoms with van der Waals surface area (Å²) in [6.07, 6.45) is 7.38. The maximum Gasteiger partial charge on any atom is 0.108 e. The molecule has 0 amide bonds. The zero-order valence-corrected chi connectivity index (χ0v) is 21.6. The zero-order chi connectivity index (χ0) is 24.9. The second kappa shape index (κ2) is 12.4. The predicted octanol–water partition coefficient (Wildman–Crippen LogP) is 5.22. The Hall–Kier alpha value is -1.80. The Kier molecular flexibility index (Phi) is 8.52. The van der Waals surface area contributed by atoms with Crippen molar-refractivity contribution in [3.05, 3.63) is 71.8 Å². The van der Waals surface area contributed by atoms with Gasteiger partial charge < -0.3 is 28.4 Å². The van der Waals surface area contributed by atoms with Gasteiger partial charge in [0.2, 0.25) is 0 Å². The van der Waals surface area contributed by atoms with Gasteiger partial charge in [-0.1, -0.05) is 60.7 Å². The van der Waals surface area contributed by atoms with Gasteiger partial charge in [-0.3, -0.25) is 0 Å². The molecule has 6 heteroatoms. The van der Waals surface area contributed by atoms with Crippen molar-refractivity contribution in [1.82, 2.24) is 0 Å². The van der Waals surface area contributed by atoms with Crippen LogP contribution in [0.3, 0.4) is 0 Å². The van der Waals surface area contributed by atoms with Crippen LogP contribution in [0.1, 0.15) is 56.1 Å². The fourth-order valence-electron chi connectivity index (χ4n) is 6.32. The number of fused-ring (bicyclic) bond motifs is 3. The standard InChI is InChI=1S/C31H40O6/c1-3-9-22(10-4-1)19-32-21-31-28(34-20-23-11-5-2-6-12-23)18-30-26(36-31)14-7-13-25-29(37-30)17-27-24(35-25)15-8-16-33-27/h1-6,9-12,24-31H,7-8,13-21H2/t24-,25+,26-,27+,28-,29-,30+,31+/m0/s1. The molecule has 4 saturated heterocycles. The Labute approximate surface area is 220 Å². The molecule has 8 atom stereocenters. The van der Waals surface area contributed by atoms with E-state index in [9.17, 15) is 0 Å². The summed E-state index contributed by atoms with van der Waals surface area (Å²) in [5, 5.41) is 0. The summed E-state index contributed by atoms with van der Waals surface area (Å²) in [5.41, 5.74) is 2.33. The topological polar surface area (TPSA) is 55.4 Å². The van der Waals surface area contributed by atoms with Crippen molar-refractivity contribution in [1.29, 1.82) is 0 Å². The fraction of sp³-hybridized carbons (Fsp3) is 0.613. The van der Waals surface area contributed by atoms with Gasteiger partial charge in [0, 0.05) is 19.4 Å². The van der Waals surface area contributed by atoms with E-state index in [4.69, 9.17) is 28.4 Å². The van der Waals surface area contributed by atoms with Crippen LogP contribution >= 0.6 is 0 Å². The molecular weight excluding hydrogens is 468 g/mol. The van der Waals surface area contributed by atoms with Gasteiger partial charge in [-0.25, -0.2) is 0 Å².